The van der Waals surface area contributed by atoms with Crippen molar-refractivity contribution in [3.8, 4) is 11.5 Å². The van der Waals surface area contributed by atoms with Crippen LogP contribution in [0.1, 0.15) is 19.8 Å². The lowest BCUT2D eigenvalue weighted by Gasteiger charge is -2.30. The summed E-state index contributed by atoms with van der Waals surface area (Å²) in [6.45, 7) is 3.94. The maximum Gasteiger partial charge on any atom is 0.233 e. The molecule has 25 heavy (non-hydrogen) atoms. The Hall–Kier alpha value is -2.35. The first-order valence-corrected chi connectivity index (χ1v) is 9.36. The first-order valence-electron chi connectivity index (χ1n) is 8.37. The molecule has 1 amide bonds. The standard InChI is InChI=1S/C17H19N5O2S/c1-12-6-8-21(9-7-12)16(23)11-25-17-19-18-15-5-4-13(20-22(15)17)14-3-2-10-24-14/h2-5,10,12H,6-9,11H2,1H3. The molecule has 0 radical (unpaired) electrons. The summed E-state index contributed by atoms with van der Waals surface area (Å²) in [6.07, 6.45) is 3.78. The third-order valence-corrected chi connectivity index (χ3v) is 5.37. The third kappa shape index (κ3) is 3.39. The molecule has 1 aliphatic heterocycles. The fourth-order valence-corrected chi connectivity index (χ4v) is 3.68. The van der Waals surface area contributed by atoms with Gasteiger partial charge in [0.05, 0.1) is 12.0 Å². The van der Waals surface area contributed by atoms with E-state index in [0.717, 1.165) is 25.9 Å². The molecule has 0 atom stereocenters. The van der Waals surface area contributed by atoms with Crippen LogP contribution in [0.15, 0.2) is 40.1 Å². The van der Waals surface area contributed by atoms with Gasteiger partial charge in [-0.1, -0.05) is 18.7 Å². The van der Waals surface area contributed by atoms with E-state index in [0.29, 0.717) is 33.9 Å². The molecule has 4 heterocycles. The van der Waals surface area contributed by atoms with Crippen molar-refractivity contribution >= 4 is 23.3 Å². The van der Waals surface area contributed by atoms with Gasteiger partial charge in [-0.25, -0.2) is 0 Å². The Morgan fingerprint density at radius 3 is 2.88 bits per heavy atom. The summed E-state index contributed by atoms with van der Waals surface area (Å²) >= 11 is 1.37. The highest BCUT2D eigenvalue weighted by molar-refractivity contribution is 7.99. The molecule has 0 aliphatic carbocycles. The minimum absolute atomic E-state index is 0.149. The van der Waals surface area contributed by atoms with Gasteiger partial charge in [0.1, 0.15) is 5.69 Å². The van der Waals surface area contributed by atoms with Crippen LogP contribution in [0.4, 0.5) is 0 Å². The molecule has 0 spiro atoms. The number of piperidine rings is 1. The second kappa shape index (κ2) is 6.87. The summed E-state index contributed by atoms with van der Waals surface area (Å²) in [6, 6.07) is 7.36. The maximum atomic E-state index is 12.4. The van der Waals surface area contributed by atoms with E-state index >= 15 is 0 Å². The van der Waals surface area contributed by atoms with Crippen molar-refractivity contribution in [2.75, 3.05) is 18.8 Å². The van der Waals surface area contributed by atoms with Gasteiger partial charge in [-0.05, 0) is 43.0 Å². The van der Waals surface area contributed by atoms with E-state index in [4.69, 9.17) is 4.42 Å². The summed E-state index contributed by atoms with van der Waals surface area (Å²) in [4.78, 5) is 14.3. The highest BCUT2D eigenvalue weighted by Crippen LogP contribution is 2.22. The summed E-state index contributed by atoms with van der Waals surface area (Å²) in [5, 5.41) is 13.4. The maximum absolute atomic E-state index is 12.4. The van der Waals surface area contributed by atoms with Gasteiger partial charge in [0.15, 0.2) is 11.4 Å². The molecule has 3 aromatic rings. The number of furan rings is 1. The number of hydrogen-bond donors (Lipinski definition) is 0. The van der Waals surface area contributed by atoms with E-state index in [-0.39, 0.29) is 5.91 Å². The lowest BCUT2D eigenvalue weighted by molar-refractivity contribution is -0.129. The summed E-state index contributed by atoms with van der Waals surface area (Å²) in [5.74, 6) is 1.89. The first kappa shape index (κ1) is 16.1. The Labute approximate surface area is 149 Å². The molecule has 4 rings (SSSR count). The molecule has 130 valence electrons. The second-order valence-corrected chi connectivity index (χ2v) is 7.24. The van der Waals surface area contributed by atoms with Crippen LogP contribution in [0.2, 0.25) is 0 Å². The Morgan fingerprint density at radius 2 is 2.12 bits per heavy atom. The molecule has 0 unspecified atom stereocenters. The summed E-state index contributed by atoms with van der Waals surface area (Å²) in [7, 11) is 0. The van der Waals surface area contributed by atoms with Crippen molar-refractivity contribution in [1.82, 2.24) is 24.7 Å². The number of amides is 1. The van der Waals surface area contributed by atoms with Crippen LogP contribution >= 0.6 is 11.8 Å². The smallest absolute Gasteiger partial charge is 0.233 e. The van der Waals surface area contributed by atoms with Crippen LogP contribution in [0.5, 0.6) is 0 Å². The molecule has 1 aliphatic rings. The van der Waals surface area contributed by atoms with Crippen LogP contribution in [0.3, 0.4) is 0 Å². The topological polar surface area (TPSA) is 76.5 Å². The van der Waals surface area contributed by atoms with Gasteiger partial charge >= 0.3 is 0 Å². The lowest BCUT2D eigenvalue weighted by atomic mass is 9.99. The van der Waals surface area contributed by atoms with Crippen molar-refractivity contribution in [3.05, 3.63) is 30.5 Å². The quantitative estimate of drug-likeness (QED) is 0.668. The number of aromatic nitrogens is 4. The zero-order chi connectivity index (χ0) is 17.2. The Kier molecular flexibility index (Phi) is 4.44. The van der Waals surface area contributed by atoms with Crippen LogP contribution in [-0.4, -0.2) is 49.5 Å². The highest BCUT2D eigenvalue weighted by atomic mass is 32.2. The van der Waals surface area contributed by atoms with Crippen LogP contribution in [0, 0.1) is 5.92 Å². The van der Waals surface area contributed by atoms with Gasteiger partial charge < -0.3 is 9.32 Å². The van der Waals surface area contributed by atoms with Crippen LogP contribution in [-0.2, 0) is 4.79 Å². The molecule has 7 nitrogen and oxygen atoms in total. The largest absolute Gasteiger partial charge is 0.463 e. The molecular formula is C17H19N5O2S. The van der Waals surface area contributed by atoms with E-state index in [1.165, 1.54) is 11.8 Å². The summed E-state index contributed by atoms with van der Waals surface area (Å²) < 4.78 is 7.05. The number of rotatable bonds is 4. The van der Waals surface area contributed by atoms with E-state index in [2.05, 4.69) is 22.2 Å². The fraction of sp³-hybridized carbons (Fsp3) is 0.412. The predicted octanol–water partition coefficient (Wildman–Crippen LogP) is 2.73. The number of thioether (sulfide) groups is 1. The average molecular weight is 357 g/mol. The van der Waals surface area contributed by atoms with Crippen molar-refractivity contribution in [1.29, 1.82) is 0 Å². The Bertz CT molecular complexity index is 868. The van der Waals surface area contributed by atoms with Crippen molar-refractivity contribution in [3.63, 3.8) is 0 Å². The lowest BCUT2D eigenvalue weighted by Crippen LogP contribution is -2.38. The number of likely N-dealkylation sites (tertiary alicyclic amines) is 1. The van der Waals surface area contributed by atoms with E-state index in [1.54, 1.807) is 10.8 Å². The zero-order valence-corrected chi connectivity index (χ0v) is 14.8. The zero-order valence-electron chi connectivity index (χ0n) is 14.0. The highest BCUT2D eigenvalue weighted by Gasteiger charge is 2.21. The molecular weight excluding hydrogens is 338 g/mol. The minimum atomic E-state index is 0.149. The SMILES string of the molecule is CC1CCN(C(=O)CSc2nnc3ccc(-c4ccco4)nn23)CC1. The number of nitrogens with zero attached hydrogens (tertiary/aromatic N) is 5. The minimum Gasteiger partial charge on any atom is -0.463 e. The van der Waals surface area contributed by atoms with Gasteiger partial charge in [-0.2, -0.15) is 9.61 Å². The van der Waals surface area contributed by atoms with E-state index in [9.17, 15) is 4.79 Å². The molecule has 3 aromatic heterocycles. The number of carbonyl (C=O) groups excluding carboxylic acids is 1. The average Bonchev–Trinajstić information content (AvgIpc) is 3.30. The van der Waals surface area contributed by atoms with Crippen molar-refractivity contribution in [2.24, 2.45) is 5.92 Å². The number of carbonyl (C=O) groups is 1. The molecule has 0 bridgehead atoms. The van der Waals surface area contributed by atoms with Crippen molar-refractivity contribution in [2.45, 2.75) is 24.9 Å². The predicted molar refractivity (Wildman–Crippen MR) is 94.2 cm³/mol. The monoisotopic (exact) mass is 357 g/mol. The van der Waals surface area contributed by atoms with E-state index in [1.807, 2.05) is 29.2 Å². The molecule has 0 saturated carbocycles. The molecule has 8 heteroatoms. The molecule has 0 aromatic carbocycles. The van der Waals surface area contributed by atoms with Gasteiger partial charge in [0, 0.05) is 13.1 Å². The normalized spacial score (nSPS) is 15.8. The van der Waals surface area contributed by atoms with Crippen LogP contribution in [0.25, 0.3) is 17.1 Å². The van der Waals surface area contributed by atoms with Gasteiger partial charge in [0.2, 0.25) is 11.1 Å². The molecule has 1 fully saturated rings. The Morgan fingerprint density at radius 1 is 1.28 bits per heavy atom. The molecule has 0 N–H and O–H groups in total. The second-order valence-electron chi connectivity index (χ2n) is 6.30. The van der Waals surface area contributed by atoms with Crippen molar-refractivity contribution < 1.29 is 9.21 Å². The van der Waals surface area contributed by atoms with Gasteiger partial charge in [-0.15, -0.1) is 10.2 Å². The van der Waals surface area contributed by atoms with Gasteiger partial charge in [-0.3, -0.25) is 4.79 Å². The van der Waals surface area contributed by atoms with Gasteiger partial charge in [0.25, 0.3) is 0 Å². The summed E-state index contributed by atoms with van der Waals surface area (Å²) in [5.41, 5.74) is 1.35. The first-order chi connectivity index (χ1) is 12.2. The Balaban J connectivity index is 1.48. The third-order valence-electron chi connectivity index (χ3n) is 4.47. The van der Waals surface area contributed by atoms with Crippen LogP contribution < -0.4 is 0 Å². The fourth-order valence-electron chi connectivity index (χ4n) is 2.89. The van der Waals surface area contributed by atoms with E-state index < -0.39 is 0 Å². The number of fused-ring (bicyclic) bond motifs is 1. The number of hydrogen-bond acceptors (Lipinski definition) is 6. The molecule has 1 saturated heterocycles.